The number of amides is 1. The molecule has 2 N–H and O–H groups in total. The zero-order chi connectivity index (χ0) is 20.1. The molecule has 0 heterocycles. The summed E-state index contributed by atoms with van der Waals surface area (Å²) in [5.41, 5.74) is -1.45. The number of hydrogen-bond acceptors (Lipinski definition) is 6. The van der Waals surface area contributed by atoms with Crippen molar-refractivity contribution in [1.82, 2.24) is 0 Å². The van der Waals surface area contributed by atoms with E-state index in [-0.39, 0.29) is 16.4 Å². The maximum Gasteiger partial charge on any atom is 0.312 e. The highest BCUT2D eigenvalue weighted by atomic mass is 35.5. The number of hydrogen-bond donors (Lipinski definition) is 2. The Kier molecular flexibility index (Phi) is 4.58. The van der Waals surface area contributed by atoms with Crippen molar-refractivity contribution in [3.8, 4) is 0 Å². The van der Waals surface area contributed by atoms with Crippen molar-refractivity contribution in [2.24, 2.45) is 17.3 Å². The average molecular weight is 409 g/mol. The molecule has 4 aliphatic carbocycles. The molecule has 2 unspecified atom stereocenters. The summed E-state index contributed by atoms with van der Waals surface area (Å²) in [6, 6.07) is 3.69. The van der Waals surface area contributed by atoms with Crippen molar-refractivity contribution < 1.29 is 24.4 Å². The highest BCUT2D eigenvalue weighted by Crippen LogP contribution is 2.61. The zero-order valence-electron chi connectivity index (χ0n) is 15.2. The maximum atomic E-state index is 12.8. The van der Waals surface area contributed by atoms with Gasteiger partial charge in [-0.3, -0.25) is 19.7 Å². The van der Waals surface area contributed by atoms with Crippen LogP contribution in [-0.4, -0.2) is 34.1 Å². The lowest BCUT2D eigenvalue weighted by Gasteiger charge is -2.58. The van der Waals surface area contributed by atoms with E-state index in [0.717, 1.165) is 25.3 Å². The van der Waals surface area contributed by atoms with Gasteiger partial charge < -0.3 is 15.2 Å². The van der Waals surface area contributed by atoms with Gasteiger partial charge in [0.1, 0.15) is 0 Å². The molecule has 0 spiro atoms. The number of ether oxygens (including phenoxy) is 1. The van der Waals surface area contributed by atoms with E-state index < -0.39 is 34.4 Å². The van der Waals surface area contributed by atoms with Gasteiger partial charge in [0.2, 0.25) is 0 Å². The van der Waals surface area contributed by atoms with Crippen LogP contribution in [-0.2, 0) is 14.3 Å². The number of nitro benzene ring substituents is 1. The quantitative estimate of drug-likeness (QED) is 0.439. The highest BCUT2D eigenvalue weighted by molar-refractivity contribution is 6.34. The van der Waals surface area contributed by atoms with Crippen molar-refractivity contribution in [3.63, 3.8) is 0 Å². The number of esters is 1. The summed E-state index contributed by atoms with van der Waals surface area (Å²) in [4.78, 5) is 35.1. The van der Waals surface area contributed by atoms with E-state index in [1.165, 1.54) is 12.1 Å². The third kappa shape index (κ3) is 3.46. The molecule has 28 heavy (non-hydrogen) atoms. The minimum Gasteiger partial charge on any atom is -0.455 e. The topological polar surface area (TPSA) is 119 Å². The largest absolute Gasteiger partial charge is 0.455 e. The van der Waals surface area contributed by atoms with Gasteiger partial charge in [0, 0.05) is 12.1 Å². The Morgan fingerprint density at radius 1 is 1.29 bits per heavy atom. The van der Waals surface area contributed by atoms with E-state index in [0.29, 0.717) is 31.1 Å². The molecule has 1 aromatic carbocycles. The van der Waals surface area contributed by atoms with E-state index in [2.05, 4.69) is 5.32 Å². The standard InChI is InChI=1S/C19H21ClN2O6/c20-14-4-13(22(26)27)1-2-15(14)21-16(23)9-28-17(24)18-5-11-3-12(6-18)8-19(25,7-11)10-18/h1-2,4,11-12,25H,3,5-10H2,(H,21,23)/t11-,12+,18?,19?. The number of nitrogens with one attached hydrogen (secondary N) is 1. The van der Waals surface area contributed by atoms with Gasteiger partial charge in [-0.15, -0.1) is 0 Å². The molecular weight excluding hydrogens is 388 g/mol. The number of carbonyl (C=O) groups is 2. The molecule has 1 amide bonds. The van der Waals surface area contributed by atoms with Crippen molar-refractivity contribution in [3.05, 3.63) is 33.3 Å². The Labute approximate surface area is 166 Å². The fourth-order valence-electron chi connectivity index (χ4n) is 5.64. The van der Waals surface area contributed by atoms with Gasteiger partial charge >= 0.3 is 5.97 Å². The molecule has 5 rings (SSSR count). The summed E-state index contributed by atoms with van der Waals surface area (Å²) >= 11 is 5.95. The Balaban J connectivity index is 1.36. The lowest BCUT2D eigenvalue weighted by atomic mass is 9.48. The molecule has 4 saturated carbocycles. The second kappa shape index (κ2) is 6.70. The Morgan fingerprint density at radius 2 is 1.96 bits per heavy atom. The predicted octanol–water partition coefficient (Wildman–Crippen LogP) is 3.06. The molecule has 8 nitrogen and oxygen atoms in total. The number of benzene rings is 1. The molecule has 0 radical (unpaired) electrons. The molecule has 0 aromatic heterocycles. The van der Waals surface area contributed by atoms with Gasteiger partial charge in [-0.1, -0.05) is 11.6 Å². The molecule has 0 aliphatic heterocycles. The molecule has 4 aliphatic rings. The predicted molar refractivity (Wildman–Crippen MR) is 99.8 cm³/mol. The minimum atomic E-state index is -0.780. The number of non-ortho nitro benzene ring substituents is 1. The van der Waals surface area contributed by atoms with Crippen molar-refractivity contribution in [2.45, 2.75) is 44.1 Å². The maximum absolute atomic E-state index is 12.8. The number of carbonyl (C=O) groups excluding carboxylic acids is 2. The first-order valence-corrected chi connectivity index (χ1v) is 9.69. The summed E-state index contributed by atoms with van der Waals surface area (Å²) < 4.78 is 5.29. The monoisotopic (exact) mass is 408 g/mol. The van der Waals surface area contributed by atoms with Gasteiger partial charge in [-0.2, -0.15) is 0 Å². The fraction of sp³-hybridized carbons (Fsp3) is 0.579. The van der Waals surface area contributed by atoms with E-state index in [1.54, 1.807) is 0 Å². The Hall–Kier alpha value is -2.19. The van der Waals surface area contributed by atoms with Gasteiger partial charge in [0.15, 0.2) is 6.61 Å². The molecule has 4 atom stereocenters. The summed E-state index contributed by atoms with van der Waals surface area (Å²) in [6.45, 7) is -0.471. The molecular formula is C19H21ClN2O6. The van der Waals surface area contributed by atoms with E-state index >= 15 is 0 Å². The van der Waals surface area contributed by atoms with Crippen LogP contribution >= 0.6 is 11.6 Å². The molecule has 4 fully saturated rings. The highest BCUT2D eigenvalue weighted by Gasteiger charge is 2.60. The van der Waals surface area contributed by atoms with E-state index in [1.807, 2.05) is 0 Å². The number of rotatable bonds is 5. The van der Waals surface area contributed by atoms with E-state index in [4.69, 9.17) is 16.3 Å². The second-order valence-corrected chi connectivity index (χ2v) is 8.92. The normalized spacial score (nSPS) is 32.8. The van der Waals surface area contributed by atoms with Crippen molar-refractivity contribution in [2.75, 3.05) is 11.9 Å². The molecule has 9 heteroatoms. The van der Waals surface area contributed by atoms with Gasteiger partial charge in [0.05, 0.1) is 26.6 Å². The second-order valence-electron chi connectivity index (χ2n) is 8.51. The number of aliphatic hydroxyl groups is 1. The van der Waals surface area contributed by atoms with Crippen LogP contribution in [0.5, 0.6) is 0 Å². The van der Waals surface area contributed by atoms with Crippen LogP contribution in [0, 0.1) is 27.4 Å². The SMILES string of the molecule is O=C(COC(=O)C12C[C@@H]3C[C@@H](CC(O)(C3)C1)C2)Nc1ccc([N+](=O)[O-])cc1Cl. The van der Waals surface area contributed by atoms with Crippen LogP contribution in [0.15, 0.2) is 18.2 Å². The summed E-state index contributed by atoms with van der Waals surface area (Å²) in [6.07, 6.45) is 4.37. The summed E-state index contributed by atoms with van der Waals surface area (Å²) in [7, 11) is 0. The Morgan fingerprint density at radius 3 is 2.54 bits per heavy atom. The van der Waals surface area contributed by atoms with E-state index in [9.17, 15) is 24.8 Å². The molecule has 1 aromatic rings. The first-order valence-electron chi connectivity index (χ1n) is 9.31. The zero-order valence-corrected chi connectivity index (χ0v) is 15.9. The molecule has 150 valence electrons. The van der Waals surface area contributed by atoms with Crippen LogP contribution in [0.25, 0.3) is 0 Å². The lowest BCUT2D eigenvalue weighted by Crippen LogP contribution is -2.58. The summed E-state index contributed by atoms with van der Waals surface area (Å²) in [5, 5.41) is 24.0. The van der Waals surface area contributed by atoms with Crippen LogP contribution < -0.4 is 5.32 Å². The summed E-state index contributed by atoms with van der Waals surface area (Å²) in [5.74, 6) is -0.324. The van der Waals surface area contributed by atoms with Crippen molar-refractivity contribution >= 4 is 34.9 Å². The van der Waals surface area contributed by atoms with Crippen LogP contribution in [0.4, 0.5) is 11.4 Å². The lowest BCUT2D eigenvalue weighted by molar-refractivity contribution is -0.384. The van der Waals surface area contributed by atoms with Crippen LogP contribution in [0.3, 0.4) is 0 Å². The van der Waals surface area contributed by atoms with Gasteiger partial charge in [-0.05, 0) is 56.4 Å². The number of nitro groups is 1. The van der Waals surface area contributed by atoms with Crippen LogP contribution in [0.1, 0.15) is 38.5 Å². The number of halogens is 1. The first kappa shape index (κ1) is 19.1. The van der Waals surface area contributed by atoms with Crippen LogP contribution in [0.2, 0.25) is 5.02 Å². The van der Waals surface area contributed by atoms with Gasteiger partial charge in [-0.25, -0.2) is 0 Å². The third-order valence-corrected chi connectivity index (χ3v) is 6.55. The molecule has 4 bridgehead atoms. The Bertz CT molecular complexity index is 843. The third-order valence-electron chi connectivity index (χ3n) is 6.24. The van der Waals surface area contributed by atoms with Gasteiger partial charge in [0.25, 0.3) is 11.6 Å². The number of anilines is 1. The minimum absolute atomic E-state index is 0.0252. The number of nitrogens with zero attached hydrogens (tertiary/aromatic N) is 1. The average Bonchev–Trinajstić information content (AvgIpc) is 2.59. The molecule has 0 saturated heterocycles. The first-order chi connectivity index (χ1) is 13.2. The smallest absolute Gasteiger partial charge is 0.312 e. The fourth-order valence-corrected chi connectivity index (χ4v) is 5.86. The van der Waals surface area contributed by atoms with Crippen molar-refractivity contribution in [1.29, 1.82) is 0 Å².